The largest absolute Gasteiger partial charge is 0.461 e. The maximum Gasteiger partial charge on any atom is 0.319 e. The van der Waals surface area contributed by atoms with Gasteiger partial charge >= 0.3 is 6.01 Å². The zero-order chi connectivity index (χ0) is 29.5. The zero-order valence-electron chi connectivity index (χ0n) is 23.7. The van der Waals surface area contributed by atoms with Crippen molar-refractivity contribution in [1.82, 2.24) is 35.4 Å². The van der Waals surface area contributed by atoms with Crippen LogP contribution in [0.15, 0.2) is 24.5 Å². The van der Waals surface area contributed by atoms with Gasteiger partial charge in [0.05, 0.1) is 39.4 Å². The number of fused-ring (bicyclic) bond motifs is 5. The molecule has 43 heavy (non-hydrogen) atoms. The summed E-state index contributed by atoms with van der Waals surface area (Å²) in [5.74, 6) is 0.0789. The summed E-state index contributed by atoms with van der Waals surface area (Å²) in [6.07, 6.45) is 3.06. The molecule has 4 fully saturated rings. The number of piperazine rings is 1. The van der Waals surface area contributed by atoms with Crippen LogP contribution >= 0.6 is 0 Å². The van der Waals surface area contributed by atoms with Crippen molar-refractivity contribution in [3.05, 3.63) is 35.9 Å². The third kappa shape index (κ3) is 4.26. The number of aromatic nitrogens is 5. The lowest BCUT2D eigenvalue weighted by Gasteiger charge is -2.41. The van der Waals surface area contributed by atoms with Crippen LogP contribution in [-0.4, -0.2) is 92.6 Å². The third-order valence-electron chi connectivity index (χ3n) is 10.0. The molecule has 226 valence electrons. The van der Waals surface area contributed by atoms with E-state index in [4.69, 9.17) is 19.7 Å². The lowest BCUT2D eigenvalue weighted by molar-refractivity contribution is 0.0367. The summed E-state index contributed by atoms with van der Waals surface area (Å²) in [4.78, 5) is 18.2. The summed E-state index contributed by atoms with van der Waals surface area (Å²) in [6.45, 7) is 3.73. The van der Waals surface area contributed by atoms with Crippen LogP contribution in [0, 0.1) is 12.7 Å². The van der Waals surface area contributed by atoms with Crippen molar-refractivity contribution >= 4 is 27.6 Å². The molecule has 2 bridgehead atoms. The van der Waals surface area contributed by atoms with Crippen LogP contribution in [0.4, 0.5) is 23.4 Å². The standard InChI is InChI=1S/C30H32F4N8O/c1-16-21(32)7-23-19(11-36-40-23)25(16)24-8-22-20(10-35-24)26(41-13-18-3-5-30(14-41,39-18)27(33)34)38-28(37-22)43-15-29-4-2-6-42(29)12-17(31)9-29/h7-8,10-11,17-18,27,39H,2-6,9,12-15H2,1H3,(H,36,40). The summed E-state index contributed by atoms with van der Waals surface area (Å²) in [7, 11) is 0. The number of halogens is 4. The molecule has 0 spiro atoms. The second kappa shape index (κ2) is 9.71. The maximum absolute atomic E-state index is 14.9. The Labute approximate surface area is 245 Å². The lowest BCUT2D eigenvalue weighted by atomic mass is 9.95. The molecule has 0 aliphatic carbocycles. The van der Waals surface area contributed by atoms with Crippen molar-refractivity contribution < 1.29 is 22.3 Å². The second-order valence-corrected chi connectivity index (χ2v) is 12.7. The van der Waals surface area contributed by atoms with E-state index in [2.05, 4.69) is 20.4 Å². The SMILES string of the molecule is Cc1c(F)cc2[nH]ncc2c1-c1cc2nc(OCC34CCCN3CC(F)C4)nc(N3CC4CCC(C(F)F)(C3)N4)c2cn1. The molecule has 4 aliphatic heterocycles. The van der Waals surface area contributed by atoms with Gasteiger partial charge in [-0.3, -0.25) is 15.0 Å². The van der Waals surface area contributed by atoms with Crippen LogP contribution in [0.1, 0.15) is 37.7 Å². The predicted octanol–water partition coefficient (Wildman–Crippen LogP) is 4.55. The minimum Gasteiger partial charge on any atom is -0.461 e. The number of benzene rings is 1. The van der Waals surface area contributed by atoms with E-state index in [0.717, 1.165) is 24.8 Å². The van der Waals surface area contributed by atoms with E-state index < -0.39 is 29.5 Å². The normalized spacial score (nSPS) is 28.9. The summed E-state index contributed by atoms with van der Waals surface area (Å²) < 4.78 is 64.2. The van der Waals surface area contributed by atoms with Crippen molar-refractivity contribution in [3.63, 3.8) is 0 Å². The minimum absolute atomic E-state index is 0.0777. The van der Waals surface area contributed by atoms with Crippen molar-refractivity contribution in [2.45, 2.75) is 68.7 Å². The van der Waals surface area contributed by atoms with Gasteiger partial charge in [-0.05, 0) is 56.8 Å². The van der Waals surface area contributed by atoms with E-state index in [1.54, 1.807) is 25.4 Å². The van der Waals surface area contributed by atoms with Gasteiger partial charge in [0.25, 0.3) is 6.43 Å². The molecule has 2 N–H and O–H groups in total. The van der Waals surface area contributed by atoms with Crippen LogP contribution in [0.25, 0.3) is 33.1 Å². The van der Waals surface area contributed by atoms with E-state index >= 15 is 0 Å². The first-order valence-electron chi connectivity index (χ1n) is 14.9. The molecule has 7 heterocycles. The van der Waals surface area contributed by atoms with E-state index in [1.807, 2.05) is 4.90 Å². The average molecular weight is 597 g/mol. The van der Waals surface area contributed by atoms with Gasteiger partial charge in [-0.15, -0.1) is 0 Å². The van der Waals surface area contributed by atoms with Crippen molar-refractivity contribution in [1.29, 1.82) is 0 Å². The van der Waals surface area contributed by atoms with Crippen molar-refractivity contribution in [3.8, 4) is 17.3 Å². The van der Waals surface area contributed by atoms with Crippen LogP contribution < -0.4 is 15.0 Å². The number of hydrogen-bond acceptors (Lipinski definition) is 8. The van der Waals surface area contributed by atoms with Crippen LogP contribution in [0.3, 0.4) is 0 Å². The molecule has 0 saturated carbocycles. The zero-order valence-corrected chi connectivity index (χ0v) is 23.7. The number of aromatic amines is 1. The summed E-state index contributed by atoms with van der Waals surface area (Å²) in [5.41, 5.74) is 0.830. The molecule has 4 unspecified atom stereocenters. The van der Waals surface area contributed by atoms with E-state index in [-0.39, 0.29) is 25.2 Å². The Hall–Kier alpha value is -3.58. The van der Waals surface area contributed by atoms with E-state index in [0.29, 0.717) is 71.4 Å². The van der Waals surface area contributed by atoms with Gasteiger partial charge in [0, 0.05) is 49.2 Å². The number of nitrogens with one attached hydrogen (secondary N) is 2. The number of rotatable bonds is 6. The highest BCUT2D eigenvalue weighted by molar-refractivity contribution is 5.98. The quantitative estimate of drug-likeness (QED) is 0.313. The topological polar surface area (TPSA) is 95.1 Å². The van der Waals surface area contributed by atoms with Crippen LogP contribution in [0.2, 0.25) is 0 Å². The summed E-state index contributed by atoms with van der Waals surface area (Å²) in [5, 5.41) is 11.4. The number of H-pyrrole nitrogens is 1. The highest BCUT2D eigenvalue weighted by Gasteiger charge is 2.52. The fraction of sp³-hybridized carbons (Fsp3) is 0.533. The van der Waals surface area contributed by atoms with Gasteiger partial charge < -0.3 is 15.0 Å². The second-order valence-electron chi connectivity index (χ2n) is 12.7. The predicted molar refractivity (Wildman–Crippen MR) is 153 cm³/mol. The lowest BCUT2D eigenvalue weighted by Crippen LogP contribution is -2.63. The molecule has 13 heteroatoms. The number of nitrogens with zero attached hydrogens (tertiary/aromatic N) is 6. The first kappa shape index (κ1) is 27.0. The fourth-order valence-corrected chi connectivity index (χ4v) is 7.89. The van der Waals surface area contributed by atoms with Gasteiger partial charge in [0.2, 0.25) is 0 Å². The minimum atomic E-state index is -2.54. The third-order valence-corrected chi connectivity index (χ3v) is 10.0. The van der Waals surface area contributed by atoms with E-state index in [9.17, 15) is 17.6 Å². The Bertz CT molecular complexity index is 1730. The van der Waals surface area contributed by atoms with Crippen LogP contribution in [-0.2, 0) is 0 Å². The average Bonchev–Trinajstić information content (AvgIpc) is 3.74. The highest BCUT2D eigenvalue weighted by Crippen LogP contribution is 2.42. The Balaban J connectivity index is 1.23. The molecule has 4 atom stereocenters. The summed E-state index contributed by atoms with van der Waals surface area (Å²) in [6, 6.07) is 3.17. The molecular formula is C30H32F4N8O. The maximum atomic E-state index is 14.9. The number of pyridine rings is 1. The first-order valence-corrected chi connectivity index (χ1v) is 14.9. The Morgan fingerprint density at radius 2 is 2.02 bits per heavy atom. The van der Waals surface area contributed by atoms with Crippen molar-refractivity contribution in [2.75, 3.05) is 37.7 Å². The van der Waals surface area contributed by atoms with Gasteiger partial charge in [0.1, 0.15) is 24.4 Å². The van der Waals surface area contributed by atoms with E-state index in [1.165, 1.54) is 6.07 Å². The molecule has 8 rings (SSSR count). The number of hydrogen-bond donors (Lipinski definition) is 2. The molecule has 3 aromatic heterocycles. The smallest absolute Gasteiger partial charge is 0.319 e. The molecule has 4 saturated heterocycles. The number of alkyl halides is 3. The Morgan fingerprint density at radius 1 is 1.14 bits per heavy atom. The van der Waals surface area contributed by atoms with Crippen molar-refractivity contribution in [2.24, 2.45) is 0 Å². The van der Waals surface area contributed by atoms with Crippen LogP contribution in [0.5, 0.6) is 6.01 Å². The highest BCUT2D eigenvalue weighted by atomic mass is 19.3. The first-order chi connectivity index (χ1) is 20.7. The Morgan fingerprint density at radius 3 is 2.88 bits per heavy atom. The molecule has 0 radical (unpaired) electrons. The van der Waals surface area contributed by atoms with Gasteiger partial charge in [0.15, 0.2) is 0 Å². The number of ether oxygens (including phenoxy) is 1. The molecule has 0 amide bonds. The monoisotopic (exact) mass is 596 g/mol. The van der Waals surface area contributed by atoms with Gasteiger partial charge in [-0.1, -0.05) is 0 Å². The summed E-state index contributed by atoms with van der Waals surface area (Å²) >= 11 is 0. The molecule has 1 aromatic carbocycles. The molecule has 9 nitrogen and oxygen atoms in total. The molecule has 4 aromatic rings. The van der Waals surface area contributed by atoms with Gasteiger partial charge in [-0.2, -0.15) is 15.1 Å². The number of anilines is 1. The Kier molecular flexibility index (Phi) is 6.10. The molecular weight excluding hydrogens is 564 g/mol. The van der Waals surface area contributed by atoms with Gasteiger partial charge in [-0.25, -0.2) is 17.6 Å². The molecule has 4 aliphatic rings. The fourth-order valence-electron chi connectivity index (χ4n) is 7.89.